The van der Waals surface area contributed by atoms with Crippen LogP contribution in [0.4, 0.5) is 8.78 Å². The third kappa shape index (κ3) is 6.79. The van der Waals surface area contributed by atoms with E-state index in [-0.39, 0.29) is 36.3 Å². The molecule has 1 heterocycles. The Bertz CT molecular complexity index is 823. The van der Waals surface area contributed by atoms with E-state index < -0.39 is 11.6 Å². The maximum atomic E-state index is 13.6. The van der Waals surface area contributed by atoms with Gasteiger partial charge in [0.15, 0.2) is 23.4 Å². The molecule has 0 radical (unpaired) electrons. The smallest absolute Gasteiger partial charge is 0.192 e. The zero-order valence-electron chi connectivity index (χ0n) is 16.6. The Morgan fingerprint density at radius 3 is 2.69 bits per heavy atom. The number of nitrogens with one attached hydrogen (secondary N) is 2. The number of aromatic nitrogens is 3. The van der Waals surface area contributed by atoms with E-state index in [1.807, 2.05) is 18.5 Å². The molecule has 160 valence electrons. The van der Waals surface area contributed by atoms with Crippen LogP contribution < -0.4 is 15.4 Å². The van der Waals surface area contributed by atoms with Crippen LogP contribution in [0.5, 0.6) is 5.75 Å². The number of rotatable bonds is 7. The van der Waals surface area contributed by atoms with Crippen LogP contribution in [0.2, 0.25) is 0 Å². The Kier molecular flexibility index (Phi) is 9.05. The Morgan fingerprint density at radius 2 is 2.03 bits per heavy atom. The van der Waals surface area contributed by atoms with Crippen LogP contribution >= 0.6 is 24.0 Å². The van der Waals surface area contributed by atoms with E-state index in [4.69, 9.17) is 4.74 Å². The fourth-order valence-electron chi connectivity index (χ4n) is 3.08. The SMILES string of the molecule is Cc1nnc(CN=C(NCCOc2ccc(F)cc2F)NC2CCCC2)n1C.I. The van der Waals surface area contributed by atoms with Crippen LogP contribution in [0.25, 0.3) is 0 Å². The van der Waals surface area contributed by atoms with Crippen molar-refractivity contribution in [3.63, 3.8) is 0 Å². The van der Waals surface area contributed by atoms with Crippen LogP contribution in [0.15, 0.2) is 23.2 Å². The van der Waals surface area contributed by atoms with Crippen molar-refractivity contribution in [2.75, 3.05) is 13.2 Å². The molecule has 1 aromatic heterocycles. The van der Waals surface area contributed by atoms with E-state index in [1.165, 1.54) is 25.0 Å². The average molecular weight is 520 g/mol. The second kappa shape index (κ2) is 11.3. The molecule has 1 aliphatic carbocycles. The molecule has 0 unspecified atom stereocenters. The lowest BCUT2D eigenvalue weighted by Crippen LogP contribution is -2.43. The van der Waals surface area contributed by atoms with Gasteiger partial charge in [-0.3, -0.25) is 0 Å². The first kappa shape index (κ1) is 23.3. The number of guanidine groups is 1. The van der Waals surface area contributed by atoms with E-state index in [9.17, 15) is 8.78 Å². The number of aryl methyl sites for hydroxylation is 1. The third-order valence-corrected chi connectivity index (χ3v) is 4.80. The fraction of sp³-hybridized carbons (Fsp3) is 0.526. The molecule has 10 heteroatoms. The molecule has 7 nitrogen and oxygen atoms in total. The predicted molar refractivity (Wildman–Crippen MR) is 118 cm³/mol. The van der Waals surface area contributed by atoms with E-state index in [0.717, 1.165) is 30.6 Å². The van der Waals surface area contributed by atoms with Gasteiger partial charge in [-0.05, 0) is 31.9 Å². The van der Waals surface area contributed by atoms with Crippen LogP contribution in [0.1, 0.15) is 37.3 Å². The summed E-state index contributed by atoms with van der Waals surface area (Å²) in [4.78, 5) is 4.60. The van der Waals surface area contributed by atoms with Crippen molar-refractivity contribution in [3.05, 3.63) is 41.5 Å². The fourth-order valence-corrected chi connectivity index (χ4v) is 3.08. The minimum atomic E-state index is -0.712. The highest BCUT2D eigenvalue weighted by molar-refractivity contribution is 14.0. The highest BCUT2D eigenvalue weighted by atomic mass is 127. The molecule has 2 N–H and O–H groups in total. The molecule has 3 rings (SSSR count). The Hall–Kier alpha value is -1.98. The molecule has 1 fully saturated rings. The highest BCUT2D eigenvalue weighted by Gasteiger charge is 2.16. The zero-order valence-corrected chi connectivity index (χ0v) is 19.0. The second-order valence-corrected chi connectivity index (χ2v) is 6.86. The van der Waals surface area contributed by atoms with Gasteiger partial charge in [0.25, 0.3) is 0 Å². The predicted octanol–water partition coefficient (Wildman–Crippen LogP) is 3.08. The molecule has 0 aliphatic heterocycles. The molecule has 0 bridgehead atoms. The summed E-state index contributed by atoms with van der Waals surface area (Å²) >= 11 is 0. The molecule has 0 spiro atoms. The summed E-state index contributed by atoms with van der Waals surface area (Å²) in [5, 5.41) is 14.8. The summed E-state index contributed by atoms with van der Waals surface area (Å²) in [6, 6.07) is 3.65. The largest absolute Gasteiger partial charge is 0.489 e. The lowest BCUT2D eigenvalue weighted by molar-refractivity contribution is 0.304. The van der Waals surface area contributed by atoms with Crippen LogP contribution in [-0.4, -0.2) is 39.9 Å². The molecule has 1 saturated carbocycles. The lowest BCUT2D eigenvalue weighted by atomic mass is 10.2. The quantitative estimate of drug-likeness (QED) is 0.254. The number of hydrogen-bond donors (Lipinski definition) is 2. The number of aliphatic imine (C=N–C) groups is 1. The topological polar surface area (TPSA) is 76.4 Å². The van der Waals surface area contributed by atoms with Gasteiger partial charge in [-0.15, -0.1) is 34.2 Å². The van der Waals surface area contributed by atoms with Crippen molar-refractivity contribution in [1.82, 2.24) is 25.4 Å². The van der Waals surface area contributed by atoms with Gasteiger partial charge in [0.05, 0.1) is 6.54 Å². The van der Waals surface area contributed by atoms with Crippen molar-refractivity contribution in [2.24, 2.45) is 12.0 Å². The first-order valence-corrected chi connectivity index (χ1v) is 9.50. The molecule has 0 amide bonds. The van der Waals surface area contributed by atoms with E-state index in [1.54, 1.807) is 0 Å². The standard InChI is InChI=1S/C19H26F2N6O.HI/c1-13-25-26-18(27(13)2)12-23-19(24-15-5-3-4-6-15)22-9-10-28-17-8-7-14(20)11-16(17)21;/h7-8,11,15H,3-6,9-10,12H2,1-2H3,(H2,22,23,24);1H. The number of benzene rings is 1. The van der Waals surface area contributed by atoms with E-state index in [0.29, 0.717) is 25.1 Å². The van der Waals surface area contributed by atoms with Gasteiger partial charge in [0.1, 0.15) is 24.8 Å². The Morgan fingerprint density at radius 1 is 1.28 bits per heavy atom. The normalized spacial score (nSPS) is 14.6. The summed E-state index contributed by atoms with van der Waals surface area (Å²) in [5.74, 6) is 0.955. The van der Waals surface area contributed by atoms with Crippen molar-refractivity contribution in [2.45, 2.75) is 45.2 Å². The number of hydrogen-bond acceptors (Lipinski definition) is 4. The van der Waals surface area contributed by atoms with Crippen LogP contribution in [-0.2, 0) is 13.6 Å². The van der Waals surface area contributed by atoms with E-state index >= 15 is 0 Å². The Labute approximate surface area is 186 Å². The second-order valence-electron chi connectivity index (χ2n) is 6.86. The Balaban J connectivity index is 0.00000300. The number of ether oxygens (including phenoxy) is 1. The maximum absolute atomic E-state index is 13.6. The molecule has 0 atom stereocenters. The van der Waals surface area contributed by atoms with Gasteiger partial charge in [-0.25, -0.2) is 13.8 Å². The summed E-state index contributed by atoms with van der Waals surface area (Å²) in [6.07, 6.45) is 4.64. The molecule has 0 saturated heterocycles. The molecule has 29 heavy (non-hydrogen) atoms. The van der Waals surface area contributed by atoms with Crippen molar-refractivity contribution in [3.8, 4) is 5.75 Å². The molecule has 2 aromatic rings. The first-order valence-electron chi connectivity index (χ1n) is 9.50. The average Bonchev–Trinajstić information content (AvgIpc) is 3.29. The molecular formula is C19H27F2IN6O. The highest BCUT2D eigenvalue weighted by Crippen LogP contribution is 2.18. The summed E-state index contributed by atoms with van der Waals surface area (Å²) in [5.41, 5.74) is 0. The molecule has 1 aliphatic rings. The maximum Gasteiger partial charge on any atom is 0.192 e. The molecule has 1 aromatic carbocycles. The minimum absolute atomic E-state index is 0. The summed E-state index contributed by atoms with van der Waals surface area (Å²) in [7, 11) is 1.91. The van der Waals surface area contributed by atoms with Gasteiger partial charge >= 0.3 is 0 Å². The van der Waals surface area contributed by atoms with Gasteiger partial charge in [0.2, 0.25) is 0 Å². The van der Waals surface area contributed by atoms with Gasteiger partial charge in [-0.1, -0.05) is 12.8 Å². The van der Waals surface area contributed by atoms with Crippen molar-refractivity contribution in [1.29, 1.82) is 0 Å². The lowest BCUT2D eigenvalue weighted by Gasteiger charge is -2.17. The number of halogens is 3. The van der Waals surface area contributed by atoms with Gasteiger partial charge in [0, 0.05) is 19.2 Å². The summed E-state index contributed by atoms with van der Waals surface area (Å²) < 4.78 is 33.8. The number of nitrogens with zero attached hydrogens (tertiary/aromatic N) is 4. The zero-order chi connectivity index (χ0) is 19.9. The van der Waals surface area contributed by atoms with Crippen LogP contribution in [0.3, 0.4) is 0 Å². The van der Waals surface area contributed by atoms with Crippen molar-refractivity contribution < 1.29 is 13.5 Å². The van der Waals surface area contributed by atoms with Gasteiger partial charge < -0.3 is 19.9 Å². The third-order valence-electron chi connectivity index (χ3n) is 4.80. The first-order chi connectivity index (χ1) is 13.5. The van der Waals surface area contributed by atoms with Crippen LogP contribution in [0, 0.1) is 18.6 Å². The van der Waals surface area contributed by atoms with Gasteiger partial charge in [-0.2, -0.15) is 0 Å². The monoisotopic (exact) mass is 520 g/mol. The summed E-state index contributed by atoms with van der Waals surface area (Å²) in [6.45, 7) is 2.93. The van der Waals surface area contributed by atoms with Crippen molar-refractivity contribution >= 4 is 29.9 Å². The van der Waals surface area contributed by atoms with E-state index in [2.05, 4.69) is 25.8 Å². The molecular weight excluding hydrogens is 493 g/mol. The minimum Gasteiger partial charge on any atom is -0.489 e.